The predicted octanol–water partition coefficient (Wildman–Crippen LogP) is 4.15. The molecule has 2 N–H and O–H groups in total. The summed E-state index contributed by atoms with van der Waals surface area (Å²) in [7, 11) is 0. The van der Waals surface area contributed by atoms with Crippen LogP contribution in [0.4, 0.5) is 10.5 Å². The molecular weight excluding hydrogens is 292 g/mol. The molecular formula is C14H19BrN2O. The van der Waals surface area contributed by atoms with Crippen molar-refractivity contribution in [2.24, 2.45) is 5.92 Å². The summed E-state index contributed by atoms with van der Waals surface area (Å²) in [6.07, 6.45) is 4.61. The molecule has 3 nitrogen and oxygen atoms in total. The van der Waals surface area contributed by atoms with E-state index in [1.54, 1.807) is 0 Å². The first kappa shape index (κ1) is 13.4. The summed E-state index contributed by atoms with van der Waals surface area (Å²) in [5.74, 6) is 0.803. The minimum atomic E-state index is -0.100. The lowest BCUT2D eigenvalue weighted by Gasteiger charge is -2.26. The average Bonchev–Trinajstić information content (AvgIpc) is 2.35. The SMILES string of the molecule is CC1CCC(NC(=O)Nc2ccc(Br)cc2)CC1. The van der Waals surface area contributed by atoms with Gasteiger partial charge in [-0.15, -0.1) is 0 Å². The van der Waals surface area contributed by atoms with Crippen molar-refractivity contribution in [3.8, 4) is 0 Å². The van der Waals surface area contributed by atoms with E-state index in [2.05, 4.69) is 33.5 Å². The van der Waals surface area contributed by atoms with Gasteiger partial charge >= 0.3 is 6.03 Å². The number of amides is 2. The summed E-state index contributed by atoms with van der Waals surface area (Å²) in [5, 5.41) is 5.90. The molecule has 1 fully saturated rings. The first-order valence-corrected chi connectivity index (χ1v) is 7.26. The van der Waals surface area contributed by atoms with E-state index in [4.69, 9.17) is 0 Å². The second-order valence-corrected chi connectivity index (χ2v) is 5.98. The van der Waals surface area contributed by atoms with Crippen LogP contribution < -0.4 is 10.6 Å². The Morgan fingerprint density at radius 1 is 1.17 bits per heavy atom. The van der Waals surface area contributed by atoms with Gasteiger partial charge in [-0.2, -0.15) is 0 Å². The molecule has 4 heteroatoms. The van der Waals surface area contributed by atoms with Crippen LogP contribution in [-0.2, 0) is 0 Å². The number of benzene rings is 1. The van der Waals surface area contributed by atoms with Crippen molar-refractivity contribution in [1.29, 1.82) is 0 Å². The van der Waals surface area contributed by atoms with Gasteiger partial charge in [0.05, 0.1) is 0 Å². The van der Waals surface area contributed by atoms with Gasteiger partial charge in [0.25, 0.3) is 0 Å². The van der Waals surface area contributed by atoms with E-state index in [0.29, 0.717) is 6.04 Å². The summed E-state index contributed by atoms with van der Waals surface area (Å²) >= 11 is 3.37. The van der Waals surface area contributed by atoms with Crippen LogP contribution in [0.15, 0.2) is 28.7 Å². The molecule has 0 aliphatic heterocycles. The molecule has 0 unspecified atom stereocenters. The minimum absolute atomic E-state index is 0.100. The Morgan fingerprint density at radius 2 is 1.78 bits per heavy atom. The van der Waals surface area contributed by atoms with Gasteiger partial charge in [-0.3, -0.25) is 0 Å². The standard InChI is InChI=1S/C14H19BrN2O/c1-10-2-6-12(7-3-10)16-14(18)17-13-8-4-11(15)5-9-13/h4-5,8-10,12H,2-3,6-7H2,1H3,(H2,16,17,18). The highest BCUT2D eigenvalue weighted by atomic mass is 79.9. The van der Waals surface area contributed by atoms with Crippen LogP contribution in [0, 0.1) is 5.92 Å². The highest BCUT2D eigenvalue weighted by Gasteiger charge is 2.19. The lowest BCUT2D eigenvalue weighted by molar-refractivity contribution is 0.239. The van der Waals surface area contributed by atoms with Gasteiger partial charge in [0, 0.05) is 16.2 Å². The quantitative estimate of drug-likeness (QED) is 0.846. The average molecular weight is 311 g/mol. The first-order chi connectivity index (χ1) is 8.63. The van der Waals surface area contributed by atoms with Crippen LogP contribution >= 0.6 is 15.9 Å². The molecule has 0 radical (unpaired) electrons. The van der Waals surface area contributed by atoms with Gasteiger partial charge in [0.15, 0.2) is 0 Å². The zero-order valence-corrected chi connectivity index (χ0v) is 12.2. The molecule has 0 bridgehead atoms. The maximum Gasteiger partial charge on any atom is 0.319 e. The smallest absolute Gasteiger partial charge is 0.319 e. The van der Waals surface area contributed by atoms with Crippen LogP contribution in [0.2, 0.25) is 0 Å². The Hall–Kier alpha value is -1.03. The number of hydrogen-bond acceptors (Lipinski definition) is 1. The van der Waals surface area contributed by atoms with Crippen molar-refractivity contribution in [3.05, 3.63) is 28.7 Å². The number of rotatable bonds is 2. The Morgan fingerprint density at radius 3 is 2.39 bits per heavy atom. The molecule has 1 aromatic carbocycles. The van der Waals surface area contributed by atoms with Gasteiger partial charge in [-0.05, 0) is 55.9 Å². The highest BCUT2D eigenvalue weighted by Crippen LogP contribution is 2.23. The van der Waals surface area contributed by atoms with Crippen molar-refractivity contribution in [3.63, 3.8) is 0 Å². The molecule has 18 heavy (non-hydrogen) atoms. The molecule has 0 atom stereocenters. The number of halogens is 1. The number of anilines is 1. The zero-order chi connectivity index (χ0) is 13.0. The molecule has 1 aromatic rings. The van der Waals surface area contributed by atoms with E-state index in [1.807, 2.05) is 24.3 Å². The summed E-state index contributed by atoms with van der Waals surface area (Å²) < 4.78 is 1.01. The van der Waals surface area contributed by atoms with Crippen molar-refractivity contribution in [2.75, 3.05) is 5.32 Å². The topological polar surface area (TPSA) is 41.1 Å². The van der Waals surface area contributed by atoms with Gasteiger partial charge < -0.3 is 10.6 Å². The number of urea groups is 1. The van der Waals surface area contributed by atoms with E-state index in [-0.39, 0.29) is 6.03 Å². The van der Waals surface area contributed by atoms with Crippen LogP contribution in [-0.4, -0.2) is 12.1 Å². The normalized spacial score (nSPS) is 23.4. The van der Waals surface area contributed by atoms with Crippen LogP contribution in [0.25, 0.3) is 0 Å². The Bertz CT molecular complexity index is 397. The molecule has 1 aliphatic rings. The molecule has 98 valence electrons. The lowest BCUT2D eigenvalue weighted by Crippen LogP contribution is -2.39. The number of nitrogens with one attached hydrogen (secondary N) is 2. The Balaban J connectivity index is 1.80. The van der Waals surface area contributed by atoms with Gasteiger partial charge in [-0.25, -0.2) is 4.79 Å². The van der Waals surface area contributed by atoms with Crippen LogP contribution in [0.3, 0.4) is 0 Å². The number of hydrogen-bond donors (Lipinski definition) is 2. The fourth-order valence-corrected chi connectivity index (χ4v) is 2.55. The van der Waals surface area contributed by atoms with E-state index in [0.717, 1.165) is 28.9 Å². The molecule has 1 aliphatic carbocycles. The fraction of sp³-hybridized carbons (Fsp3) is 0.500. The van der Waals surface area contributed by atoms with Crippen molar-refractivity contribution in [2.45, 2.75) is 38.6 Å². The third-order valence-corrected chi connectivity index (χ3v) is 3.98. The molecule has 0 heterocycles. The Kier molecular flexibility index (Phi) is 4.64. The third-order valence-electron chi connectivity index (χ3n) is 3.45. The molecule has 0 saturated heterocycles. The monoisotopic (exact) mass is 310 g/mol. The van der Waals surface area contributed by atoms with Gasteiger partial charge in [0.2, 0.25) is 0 Å². The second-order valence-electron chi connectivity index (χ2n) is 5.06. The van der Waals surface area contributed by atoms with Crippen LogP contribution in [0.1, 0.15) is 32.6 Å². The summed E-state index contributed by atoms with van der Waals surface area (Å²) in [6, 6.07) is 7.82. The van der Waals surface area contributed by atoms with E-state index < -0.39 is 0 Å². The minimum Gasteiger partial charge on any atom is -0.335 e. The van der Waals surface area contributed by atoms with E-state index in [9.17, 15) is 4.79 Å². The van der Waals surface area contributed by atoms with Crippen molar-refractivity contribution in [1.82, 2.24) is 5.32 Å². The first-order valence-electron chi connectivity index (χ1n) is 6.46. The highest BCUT2D eigenvalue weighted by molar-refractivity contribution is 9.10. The maximum absolute atomic E-state index is 11.8. The lowest BCUT2D eigenvalue weighted by atomic mass is 9.87. The van der Waals surface area contributed by atoms with Gasteiger partial charge in [0.1, 0.15) is 0 Å². The largest absolute Gasteiger partial charge is 0.335 e. The number of carbonyl (C=O) groups is 1. The molecule has 1 saturated carbocycles. The molecule has 0 spiro atoms. The maximum atomic E-state index is 11.8. The third kappa shape index (κ3) is 4.02. The number of carbonyl (C=O) groups excluding carboxylic acids is 1. The zero-order valence-electron chi connectivity index (χ0n) is 10.6. The van der Waals surface area contributed by atoms with Crippen molar-refractivity contribution < 1.29 is 4.79 Å². The van der Waals surface area contributed by atoms with E-state index in [1.165, 1.54) is 12.8 Å². The van der Waals surface area contributed by atoms with Gasteiger partial charge in [-0.1, -0.05) is 22.9 Å². The van der Waals surface area contributed by atoms with E-state index >= 15 is 0 Å². The molecule has 0 aromatic heterocycles. The summed E-state index contributed by atoms with van der Waals surface area (Å²) in [6.45, 7) is 2.28. The predicted molar refractivity (Wildman–Crippen MR) is 77.7 cm³/mol. The summed E-state index contributed by atoms with van der Waals surface area (Å²) in [4.78, 5) is 11.8. The fourth-order valence-electron chi connectivity index (χ4n) is 2.29. The molecule has 2 amide bonds. The summed E-state index contributed by atoms with van der Waals surface area (Å²) in [5.41, 5.74) is 0.819. The Labute approximate surface area is 116 Å². The second kappa shape index (κ2) is 6.23. The molecule has 2 rings (SSSR count). The van der Waals surface area contributed by atoms with Crippen LogP contribution in [0.5, 0.6) is 0 Å². The van der Waals surface area contributed by atoms with Crippen molar-refractivity contribution >= 4 is 27.6 Å².